The maximum atomic E-state index is 11.8. The van der Waals surface area contributed by atoms with Crippen molar-refractivity contribution in [3.05, 3.63) is 41.4 Å². The van der Waals surface area contributed by atoms with Crippen molar-refractivity contribution in [2.75, 3.05) is 11.1 Å². The van der Waals surface area contributed by atoms with E-state index in [4.69, 9.17) is 0 Å². The summed E-state index contributed by atoms with van der Waals surface area (Å²) in [5.74, 6) is 0.814. The van der Waals surface area contributed by atoms with E-state index in [9.17, 15) is 4.79 Å². The summed E-state index contributed by atoms with van der Waals surface area (Å²) in [6.07, 6.45) is 1.65. The second-order valence-electron chi connectivity index (χ2n) is 4.51. The molecule has 0 saturated heterocycles. The Morgan fingerprint density at radius 2 is 2.18 bits per heavy atom. The third-order valence-electron chi connectivity index (χ3n) is 2.80. The maximum absolute atomic E-state index is 11.8. The predicted octanol–water partition coefficient (Wildman–Crippen LogP) is 2.97. The van der Waals surface area contributed by atoms with E-state index < -0.39 is 0 Å². The van der Waals surface area contributed by atoms with E-state index in [-0.39, 0.29) is 11.7 Å². The molecule has 3 rings (SSSR count). The van der Waals surface area contributed by atoms with Crippen LogP contribution in [0.4, 0.5) is 5.13 Å². The van der Waals surface area contributed by atoms with Crippen LogP contribution in [0.15, 0.2) is 41.0 Å². The highest BCUT2D eigenvalue weighted by molar-refractivity contribution is 7.99. The van der Waals surface area contributed by atoms with Crippen LogP contribution in [-0.2, 0) is 4.79 Å². The molecule has 1 amide bonds. The molecule has 0 atom stereocenters. The first-order chi connectivity index (χ1) is 10.7. The number of aryl methyl sites for hydroxylation is 1. The fourth-order valence-electron chi connectivity index (χ4n) is 1.72. The molecule has 0 aliphatic carbocycles. The number of thioether (sulfide) groups is 1. The number of aromatic nitrogens is 4. The number of benzene rings is 1. The smallest absolute Gasteiger partial charge is 0.236 e. The zero-order chi connectivity index (χ0) is 15.4. The number of thiazole rings is 1. The van der Waals surface area contributed by atoms with Crippen LogP contribution in [0, 0.1) is 6.92 Å². The van der Waals surface area contributed by atoms with Gasteiger partial charge in [-0.1, -0.05) is 41.6 Å². The molecule has 22 heavy (non-hydrogen) atoms. The largest absolute Gasteiger partial charge is 0.301 e. The Labute approximate surface area is 135 Å². The first kappa shape index (κ1) is 14.7. The molecule has 3 aromatic rings. The number of nitrogens with one attached hydrogen (secondary N) is 2. The number of hydrogen-bond acceptors (Lipinski definition) is 6. The first-order valence-corrected chi connectivity index (χ1v) is 8.39. The van der Waals surface area contributed by atoms with E-state index in [1.165, 1.54) is 28.7 Å². The summed E-state index contributed by atoms with van der Waals surface area (Å²) >= 11 is 2.67. The van der Waals surface area contributed by atoms with Gasteiger partial charge < -0.3 is 5.32 Å². The van der Waals surface area contributed by atoms with Crippen molar-refractivity contribution in [1.29, 1.82) is 0 Å². The van der Waals surface area contributed by atoms with Crippen LogP contribution in [0.25, 0.3) is 11.4 Å². The molecule has 2 N–H and O–H groups in total. The molecule has 1 aromatic carbocycles. The van der Waals surface area contributed by atoms with Gasteiger partial charge in [-0.25, -0.2) is 9.97 Å². The number of carbonyl (C=O) groups excluding carboxylic acids is 1. The second kappa shape index (κ2) is 6.71. The van der Waals surface area contributed by atoms with Crippen LogP contribution in [0.2, 0.25) is 0 Å². The SMILES string of the molecule is Cc1ccc(-c2nc(SCC(=O)Nc3nccs3)n[nH]2)cc1. The van der Waals surface area contributed by atoms with Crippen LogP contribution in [0.5, 0.6) is 0 Å². The summed E-state index contributed by atoms with van der Waals surface area (Å²) in [6, 6.07) is 8.01. The van der Waals surface area contributed by atoms with Crippen LogP contribution >= 0.6 is 23.1 Å². The monoisotopic (exact) mass is 331 g/mol. The lowest BCUT2D eigenvalue weighted by atomic mass is 10.1. The average Bonchev–Trinajstić information content (AvgIpc) is 3.17. The third-order valence-corrected chi connectivity index (χ3v) is 4.34. The number of aromatic amines is 1. The Morgan fingerprint density at radius 1 is 1.36 bits per heavy atom. The van der Waals surface area contributed by atoms with Crippen molar-refractivity contribution in [3.8, 4) is 11.4 Å². The number of nitrogens with zero attached hydrogens (tertiary/aromatic N) is 3. The Morgan fingerprint density at radius 3 is 2.91 bits per heavy atom. The molecule has 0 spiro atoms. The van der Waals surface area contributed by atoms with Gasteiger partial charge in [0.2, 0.25) is 11.1 Å². The van der Waals surface area contributed by atoms with Gasteiger partial charge in [0.1, 0.15) is 0 Å². The van der Waals surface area contributed by atoms with E-state index in [2.05, 4.69) is 25.5 Å². The number of hydrogen-bond donors (Lipinski definition) is 2. The third kappa shape index (κ3) is 3.71. The number of anilines is 1. The van der Waals surface area contributed by atoms with Gasteiger partial charge in [-0.15, -0.1) is 16.4 Å². The van der Waals surface area contributed by atoms with E-state index >= 15 is 0 Å². The molecule has 0 bridgehead atoms. The fraction of sp³-hybridized carbons (Fsp3) is 0.143. The quantitative estimate of drug-likeness (QED) is 0.702. The van der Waals surface area contributed by atoms with Crippen LogP contribution < -0.4 is 5.32 Å². The Kier molecular flexibility index (Phi) is 4.50. The van der Waals surface area contributed by atoms with Crippen molar-refractivity contribution < 1.29 is 4.79 Å². The minimum Gasteiger partial charge on any atom is -0.301 e. The molecular weight excluding hydrogens is 318 g/mol. The highest BCUT2D eigenvalue weighted by Crippen LogP contribution is 2.20. The van der Waals surface area contributed by atoms with Gasteiger partial charge in [-0.2, -0.15) is 0 Å². The molecule has 0 radical (unpaired) electrons. The minimum atomic E-state index is -0.123. The van der Waals surface area contributed by atoms with Crippen LogP contribution in [0.1, 0.15) is 5.56 Å². The Bertz CT molecular complexity index is 752. The van der Waals surface area contributed by atoms with Gasteiger partial charge in [-0.3, -0.25) is 9.89 Å². The Balaban J connectivity index is 1.57. The topological polar surface area (TPSA) is 83.6 Å². The van der Waals surface area contributed by atoms with Gasteiger partial charge in [0.05, 0.1) is 5.75 Å². The van der Waals surface area contributed by atoms with Crippen molar-refractivity contribution in [1.82, 2.24) is 20.2 Å². The number of amides is 1. The fourth-order valence-corrected chi connectivity index (χ4v) is 2.87. The normalized spacial score (nSPS) is 10.6. The summed E-state index contributed by atoms with van der Waals surface area (Å²) in [7, 11) is 0. The van der Waals surface area contributed by atoms with Crippen LogP contribution in [-0.4, -0.2) is 31.8 Å². The number of H-pyrrole nitrogens is 1. The van der Waals surface area contributed by atoms with E-state index in [0.29, 0.717) is 16.1 Å². The predicted molar refractivity (Wildman–Crippen MR) is 88.0 cm³/mol. The molecule has 0 fully saturated rings. The number of rotatable bonds is 5. The zero-order valence-corrected chi connectivity index (χ0v) is 13.4. The standard InChI is InChI=1S/C14H13N5OS2/c1-9-2-4-10(5-3-9)12-17-14(19-18-12)22-8-11(20)16-13-15-6-7-21-13/h2-7H,8H2,1H3,(H,15,16,20)(H,17,18,19). The van der Waals surface area contributed by atoms with Gasteiger partial charge in [0.25, 0.3) is 0 Å². The average molecular weight is 331 g/mol. The van der Waals surface area contributed by atoms with Crippen molar-refractivity contribution in [2.45, 2.75) is 12.1 Å². The summed E-state index contributed by atoms with van der Waals surface area (Å²) in [4.78, 5) is 20.2. The second-order valence-corrected chi connectivity index (χ2v) is 6.34. The number of carbonyl (C=O) groups is 1. The van der Waals surface area contributed by atoms with Gasteiger partial charge in [-0.05, 0) is 6.92 Å². The maximum Gasteiger partial charge on any atom is 0.236 e. The zero-order valence-electron chi connectivity index (χ0n) is 11.7. The van der Waals surface area contributed by atoms with E-state index in [1.807, 2.05) is 36.6 Å². The molecule has 8 heteroatoms. The molecule has 0 saturated carbocycles. The Hall–Kier alpha value is -2.19. The highest BCUT2D eigenvalue weighted by Gasteiger charge is 2.09. The molecule has 0 unspecified atom stereocenters. The highest BCUT2D eigenvalue weighted by atomic mass is 32.2. The summed E-state index contributed by atoms with van der Waals surface area (Å²) in [6.45, 7) is 2.03. The molecule has 2 heterocycles. The van der Waals surface area contributed by atoms with Crippen molar-refractivity contribution in [3.63, 3.8) is 0 Å². The van der Waals surface area contributed by atoms with Gasteiger partial charge >= 0.3 is 0 Å². The lowest BCUT2D eigenvalue weighted by Crippen LogP contribution is -2.13. The van der Waals surface area contributed by atoms with Gasteiger partial charge in [0, 0.05) is 17.1 Å². The first-order valence-electron chi connectivity index (χ1n) is 6.52. The minimum absolute atomic E-state index is 0.123. The van der Waals surface area contributed by atoms with Gasteiger partial charge in [0.15, 0.2) is 11.0 Å². The summed E-state index contributed by atoms with van der Waals surface area (Å²) < 4.78 is 0. The van der Waals surface area contributed by atoms with E-state index in [1.54, 1.807) is 6.20 Å². The lowest BCUT2D eigenvalue weighted by Gasteiger charge is -1.98. The van der Waals surface area contributed by atoms with Crippen molar-refractivity contribution in [2.24, 2.45) is 0 Å². The summed E-state index contributed by atoms with van der Waals surface area (Å²) in [5, 5.41) is 12.7. The molecule has 0 aliphatic heterocycles. The molecule has 2 aromatic heterocycles. The van der Waals surface area contributed by atoms with E-state index in [0.717, 1.165) is 5.56 Å². The molecule has 6 nitrogen and oxygen atoms in total. The molecular formula is C14H13N5OS2. The van der Waals surface area contributed by atoms with Crippen LogP contribution in [0.3, 0.4) is 0 Å². The summed E-state index contributed by atoms with van der Waals surface area (Å²) in [5.41, 5.74) is 2.16. The lowest BCUT2D eigenvalue weighted by molar-refractivity contribution is -0.113. The molecule has 0 aliphatic rings. The van der Waals surface area contributed by atoms with Crippen molar-refractivity contribution >= 4 is 34.1 Å². The molecule has 112 valence electrons.